The zero-order valence-corrected chi connectivity index (χ0v) is 16.9. The minimum atomic E-state index is -1.11. The maximum absolute atomic E-state index is 12.6. The maximum atomic E-state index is 12.6. The van der Waals surface area contributed by atoms with Crippen molar-refractivity contribution in [2.75, 3.05) is 18.5 Å². The molecule has 0 fully saturated rings. The second-order valence-electron chi connectivity index (χ2n) is 6.70. The maximum Gasteiger partial charge on any atom is 0.248 e. The molecule has 2 aromatic rings. The van der Waals surface area contributed by atoms with Crippen LogP contribution in [0.3, 0.4) is 0 Å². The number of rotatable bonds is 9. The molecule has 0 spiro atoms. The van der Waals surface area contributed by atoms with Crippen LogP contribution in [0.4, 0.5) is 5.69 Å². The van der Waals surface area contributed by atoms with Crippen molar-refractivity contribution in [3.05, 3.63) is 65.7 Å². The Bertz CT molecular complexity index is 706. The minimum absolute atomic E-state index is 0. The van der Waals surface area contributed by atoms with Gasteiger partial charge < -0.3 is 20.5 Å². The highest BCUT2D eigenvalue weighted by atomic mass is 35.5. The van der Waals surface area contributed by atoms with Crippen LogP contribution in [0.5, 0.6) is 0 Å². The van der Waals surface area contributed by atoms with Crippen molar-refractivity contribution in [3.8, 4) is 0 Å². The highest BCUT2D eigenvalue weighted by molar-refractivity contribution is 5.98. The Morgan fingerprint density at radius 2 is 1.81 bits per heavy atom. The fourth-order valence-corrected chi connectivity index (χ4v) is 2.45. The largest absolute Gasteiger partial charge is 0.376 e. The van der Waals surface area contributed by atoms with Gasteiger partial charge in [-0.05, 0) is 44.0 Å². The van der Waals surface area contributed by atoms with Crippen molar-refractivity contribution in [1.29, 1.82) is 0 Å². The number of halogens is 1. The van der Waals surface area contributed by atoms with Gasteiger partial charge >= 0.3 is 0 Å². The molecular formula is C21H29ClN2O3. The van der Waals surface area contributed by atoms with Crippen LogP contribution < -0.4 is 11.1 Å². The molecule has 0 bridgehead atoms. The van der Waals surface area contributed by atoms with Gasteiger partial charge in [0.15, 0.2) is 0 Å². The van der Waals surface area contributed by atoms with E-state index in [1.54, 1.807) is 6.92 Å². The SMILES string of the molecule is CC(C)OCCOCc1cccc(NC(=O)C(C)(N)c2ccccc2)c1.Cl. The van der Waals surface area contributed by atoms with Gasteiger partial charge in [-0.15, -0.1) is 12.4 Å². The molecule has 0 saturated heterocycles. The molecule has 148 valence electrons. The molecule has 1 atom stereocenters. The van der Waals surface area contributed by atoms with Crippen LogP contribution in [0.15, 0.2) is 54.6 Å². The van der Waals surface area contributed by atoms with Gasteiger partial charge in [-0.1, -0.05) is 42.5 Å². The standard InChI is InChI=1S/C21H28N2O3.ClH/c1-16(2)26-13-12-25-15-17-8-7-11-19(14-17)23-20(24)21(3,22)18-9-5-4-6-10-18;/h4-11,14,16H,12-13,15,22H2,1-3H3,(H,23,24);1H. The van der Waals surface area contributed by atoms with Crippen LogP contribution in [-0.4, -0.2) is 25.2 Å². The summed E-state index contributed by atoms with van der Waals surface area (Å²) in [7, 11) is 0. The summed E-state index contributed by atoms with van der Waals surface area (Å²) in [6.07, 6.45) is 0.201. The zero-order chi connectivity index (χ0) is 19.0. The molecule has 0 heterocycles. The van der Waals surface area contributed by atoms with E-state index in [9.17, 15) is 4.79 Å². The Labute approximate surface area is 167 Å². The lowest BCUT2D eigenvalue weighted by Gasteiger charge is -2.24. The fraction of sp³-hybridized carbons (Fsp3) is 0.381. The molecular weight excluding hydrogens is 364 g/mol. The van der Waals surface area contributed by atoms with E-state index in [0.29, 0.717) is 25.5 Å². The van der Waals surface area contributed by atoms with E-state index >= 15 is 0 Å². The summed E-state index contributed by atoms with van der Waals surface area (Å²) in [6.45, 7) is 7.25. The normalized spacial score (nSPS) is 12.9. The molecule has 0 saturated carbocycles. The van der Waals surface area contributed by atoms with Gasteiger partial charge in [-0.3, -0.25) is 4.79 Å². The molecule has 1 unspecified atom stereocenters. The Balaban J connectivity index is 0.00000364. The molecule has 1 amide bonds. The van der Waals surface area contributed by atoms with E-state index in [1.165, 1.54) is 0 Å². The minimum Gasteiger partial charge on any atom is -0.376 e. The molecule has 3 N–H and O–H groups in total. The first-order valence-corrected chi connectivity index (χ1v) is 8.83. The van der Waals surface area contributed by atoms with Crippen LogP contribution in [0.25, 0.3) is 0 Å². The first kappa shape index (κ1) is 23.1. The summed E-state index contributed by atoms with van der Waals surface area (Å²) >= 11 is 0. The molecule has 27 heavy (non-hydrogen) atoms. The Morgan fingerprint density at radius 1 is 1.11 bits per heavy atom. The number of benzene rings is 2. The lowest BCUT2D eigenvalue weighted by atomic mass is 9.92. The van der Waals surface area contributed by atoms with Gasteiger partial charge in [0.05, 0.1) is 25.9 Å². The molecule has 0 aliphatic rings. The predicted molar refractivity (Wildman–Crippen MR) is 111 cm³/mol. The Hall–Kier alpha value is -1.92. The Morgan fingerprint density at radius 3 is 2.48 bits per heavy atom. The topological polar surface area (TPSA) is 73.6 Å². The first-order chi connectivity index (χ1) is 12.4. The van der Waals surface area contributed by atoms with Crippen molar-refractivity contribution in [3.63, 3.8) is 0 Å². The van der Waals surface area contributed by atoms with Gasteiger partial charge in [-0.2, -0.15) is 0 Å². The molecule has 0 aliphatic heterocycles. The van der Waals surface area contributed by atoms with Crippen molar-refractivity contribution in [1.82, 2.24) is 0 Å². The average molecular weight is 393 g/mol. The van der Waals surface area contributed by atoms with E-state index in [4.69, 9.17) is 15.2 Å². The van der Waals surface area contributed by atoms with E-state index in [-0.39, 0.29) is 24.4 Å². The van der Waals surface area contributed by atoms with Gasteiger partial charge in [-0.25, -0.2) is 0 Å². The number of ether oxygens (including phenoxy) is 2. The molecule has 5 nitrogen and oxygen atoms in total. The van der Waals surface area contributed by atoms with E-state index in [0.717, 1.165) is 11.1 Å². The molecule has 0 radical (unpaired) electrons. The lowest BCUT2D eigenvalue weighted by Crippen LogP contribution is -2.45. The average Bonchev–Trinajstić information content (AvgIpc) is 2.62. The van der Waals surface area contributed by atoms with Crippen molar-refractivity contribution in [2.24, 2.45) is 5.73 Å². The summed E-state index contributed by atoms with van der Waals surface area (Å²) < 4.78 is 11.0. The molecule has 0 aromatic heterocycles. The second-order valence-corrected chi connectivity index (χ2v) is 6.70. The van der Waals surface area contributed by atoms with E-state index in [2.05, 4.69) is 5.32 Å². The summed E-state index contributed by atoms with van der Waals surface area (Å²) in [6, 6.07) is 16.9. The molecule has 6 heteroatoms. The summed E-state index contributed by atoms with van der Waals surface area (Å²) in [5, 5.41) is 2.89. The third-order valence-electron chi connectivity index (χ3n) is 3.98. The van der Waals surface area contributed by atoms with E-state index < -0.39 is 5.54 Å². The Kier molecular flexibility index (Phi) is 9.46. The van der Waals surface area contributed by atoms with Crippen LogP contribution >= 0.6 is 12.4 Å². The predicted octanol–water partition coefficient (Wildman–Crippen LogP) is 3.86. The second kappa shape index (κ2) is 11.0. The van der Waals surface area contributed by atoms with Crippen LogP contribution in [0.2, 0.25) is 0 Å². The quantitative estimate of drug-likeness (QED) is 0.635. The highest BCUT2D eigenvalue weighted by Crippen LogP contribution is 2.20. The molecule has 2 aromatic carbocycles. The van der Waals surface area contributed by atoms with Gasteiger partial charge in [0, 0.05) is 5.69 Å². The zero-order valence-electron chi connectivity index (χ0n) is 16.1. The van der Waals surface area contributed by atoms with Gasteiger partial charge in [0.1, 0.15) is 5.54 Å². The third-order valence-corrected chi connectivity index (χ3v) is 3.98. The number of carbonyl (C=O) groups is 1. The monoisotopic (exact) mass is 392 g/mol. The summed E-state index contributed by atoms with van der Waals surface area (Å²) in [5.41, 5.74) is 7.59. The van der Waals surface area contributed by atoms with E-state index in [1.807, 2.05) is 68.4 Å². The number of carbonyl (C=O) groups excluding carboxylic acids is 1. The van der Waals surface area contributed by atoms with Crippen molar-refractivity contribution < 1.29 is 14.3 Å². The van der Waals surface area contributed by atoms with Crippen LogP contribution in [-0.2, 0) is 26.4 Å². The number of amides is 1. The van der Waals surface area contributed by atoms with Crippen molar-refractivity contribution in [2.45, 2.75) is 39.0 Å². The number of nitrogens with one attached hydrogen (secondary N) is 1. The van der Waals surface area contributed by atoms with Crippen LogP contribution in [0.1, 0.15) is 31.9 Å². The summed E-state index contributed by atoms with van der Waals surface area (Å²) in [5.74, 6) is -0.257. The van der Waals surface area contributed by atoms with Crippen molar-refractivity contribution >= 4 is 24.0 Å². The van der Waals surface area contributed by atoms with Crippen LogP contribution in [0, 0.1) is 0 Å². The first-order valence-electron chi connectivity index (χ1n) is 8.83. The third kappa shape index (κ3) is 7.31. The van der Waals surface area contributed by atoms with Gasteiger partial charge in [0.2, 0.25) is 5.91 Å². The molecule has 2 rings (SSSR count). The number of hydrogen-bond donors (Lipinski definition) is 2. The van der Waals surface area contributed by atoms with Gasteiger partial charge in [0.25, 0.3) is 0 Å². The number of hydrogen-bond acceptors (Lipinski definition) is 4. The number of nitrogens with two attached hydrogens (primary N) is 1. The summed E-state index contributed by atoms with van der Waals surface area (Å²) in [4.78, 5) is 12.6. The molecule has 0 aliphatic carbocycles. The highest BCUT2D eigenvalue weighted by Gasteiger charge is 2.30. The smallest absolute Gasteiger partial charge is 0.248 e. The fourth-order valence-electron chi connectivity index (χ4n) is 2.45. The lowest BCUT2D eigenvalue weighted by molar-refractivity contribution is -0.120. The number of anilines is 1.